The number of aliphatic hydroxyl groups is 1. The van der Waals surface area contributed by atoms with Crippen LogP contribution in [0.3, 0.4) is 0 Å². The highest BCUT2D eigenvalue weighted by Crippen LogP contribution is 2.16. The first-order valence-electron chi connectivity index (χ1n) is 8.47. The lowest BCUT2D eigenvalue weighted by Gasteiger charge is -2.14. The first-order valence-corrected chi connectivity index (χ1v) is 10.5. The Labute approximate surface area is 158 Å². The zero-order chi connectivity index (χ0) is 19.9. The minimum absolute atomic E-state index is 0.0921. The van der Waals surface area contributed by atoms with Crippen molar-refractivity contribution in [3.63, 3.8) is 0 Å². The molecule has 27 heavy (non-hydrogen) atoms. The number of halogens is 1. The zero-order valence-electron chi connectivity index (χ0n) is 15.3. The van der Waals surface area contributed by atoms with E-state index in [0.717, 1.165) is 6.26 Å². The molecule has 0 saturated heterocycles. The fourth-order valence-electron chi connectivity index (χ4n) is 2.45. The summed E-state index contributed by atoms with van der Waals surface area (Å²) in [6.07, 6.45) is 1.76. The summed E-state index contributed by atoms with van der Waals surface area (Å²) in [5.74, 6) is 0.208. The third-order valence-electron chi connectivity index (χ3n) is 3.67. The molecule has 0 radical (unpaired) electrons. The van der Waals surface area contributed by atoms with Gasteiger partial charge in [0.2, 0.25) is 0 Å². The molecule has 0 bridgehead atoms. The molecule has 2 aromatic rings. The smallest absolute Gasteiger partial charge is 0.191 e. The van der Waals surface area contributed by atoms with Gasteiger partial charge in [0, 0.05) is 12.8 Å². The third kappa shape index (κ3) is 7.03. The van der Waals surface area contributed by atoms with Crippen LogP contribution in [-0.2, 0) is 22.1 Å². The topological polar surface area (TPSA) is 104 Å². The first-order chi connectivity index (χ1) is 12.8. The van der Waals surface area contributed by atoms with Crippen LogP contribution < -0.4 is 10.6 Å². The molecule has 148 valence electrons. The molecule has 0 saturated carbocycles. The molecule has 1 heterocycles. The molecule has 9 heteroatoms. The number of nitrogens with zero attached hydrogens (tertiary/aromatic N) is 1. The van der Waals surface area contributed by atoms with E-state index in [1.54, 1.807) is 12.1 Å². The second-order valence-corrected chi connectivity index (χ2v) is 8.23. The van der Waals surface area contributed by atoms with Crippen LogP contribution in [0.5, 0.6) is 0 Å². The SMILES string of the molecule is CCNC(=NCc1cc(F)ccc1CS(C)(=O)=O)NCC(O)c1ccco1. The monoisotopic (exact) mass is 397 g/mol. The number of hydrogen-bond donors (Lipinski definition) is 3. The molecule has 0 aliphatic carbocycles. The molecule has 2 rings (SSSR count). The summed E-state index contributed by atoms with van der Waals surface area (Å²) < 4.78 is 41.9. The molecule has 7 nitrogen and oxygen atoms in total. The van der Waals surface area contributed by atoms with Crippen molar-refractivity contribution < 1.29 is 22.3 Å². The number of aliphatic hydroxyl groups excluding tert-OH is 1. The predicted octanol–water partition coefficient (Wildman–Crippen LogP) is 1.75. The zero-order valence-corrected chi connectivity index (χ0v) is 16.1. The van der Waals surface area contributed by atoms with Gasteiger partial charge in [-0.3, -0.25) is 0 Å². The van der Waals surface area contributed by atoms with Crippen molar-refractivity contribution >= 4 is 15.8 Å². The number of furan rings is 1. The van der Waals surface area contributed by atoms with Crippen LogP contribution in [0.2, 0.25) is 0 Å². The quantitative estimate of drug-likeness (QED) is 0.463. The Bertz CT molecular complexity index is 867. The maximum Gasteiger partial charge on any atom is 0.191 e. The fourth-order valence-corrected chi connectivity index (χ4v) is 3.29. The molecule has 0 aliphatic heterocycles. The van der Waals surface area contributed by atoms with Gasteiger partial charge in [0.05, 0.1) is 25.1 Å². The highest BCUT2D eigenvalue weighted by molar-refractivity contribution is 7.89. The minimum atomic E-state index is -3.25. The van der Waals surface area contributed by atoms with Crippen molar-refractivity contribution in [3.05, 3.63) is 59.3 Å². The van der Waals surface area contributed by atoms with E-state index in [-0.39, 0.29) is 18.8 Å². The lowest BCUT2D eigenvalue weighted by atomic mass is 10.1. The Kier molecular flexibility index (Phi) is 7.37. The van der Waals surface area contributed by atoms with Crippen LogP contribution in [0.4, 0.5) is 4.39 Å². The highest BCUT2D eigenvalue weighted by Gasteiger charge is 2.12. The molecule has 3 N–H and O–H groups in total. The molecule has 0 fully saturated rings. The number of benzene rings is 1. The molecule has 0 spiro atoms. The van der Waals surface area contributed by atoms with E-state index < -0.39 is 21.8 Å². The van der Waals surface area contributed by atoms with E-state index in [4.69, 9.17) is 4.42 Å². The summed E-state index contributed by atoms with van der Waals surface area (Å²) in [4.78, 5) is 4.36. The summed E-state index contributed by atoms with van der Waals surface area (Å²) >= 11 is 0. The predicted molar refractivity (Wildman–Crippen MR) is 101 cm³/mol. The van der Waals surface area contributed by atoms with E-state index in [0.29, 0.717) is 29.4 Å². The largest absolute Gasteiger partial charge is 0.467 e. The van der Waals surface area contributed by atoms with Gasteiger partial charge in [0.15, 0.2) is 15.8 Å². The lowest BCUT2D eigenvalue weighted by Crippen LogP contribution is -2.39. The Hall–Kier alpha value is -2.39. The molecule has 1 atom stereocenters. The van der Waals surface area contributed by atoms with Gasteiger partial charge < -0.3 is 20.2 Å². The molecule has 0 aliphatic rings. The van der Waals surface area contributed by atoms with Gasteiger partial charge in [-0.15, -0.1) is 0 Å². The summed E-state index contributed by atoms with van der Waals surface area (Å²) in [6, 6.07) is 7.33. The van der Waals surface area contributed by atoms with Crippen LogP contribution in [0.15, 0.2) is 46.0 Å². The van der Waals surface area contributed by atoms with Crippen molar-refractivity contribution in [2.75, 3.05) is 19.3 Å². The average Bonchev–Trinajstić information content (AvgIpc) is 3.12. The Balaban J connectivity index is 2.10. The highest BCUT2D eigenvalue weighted by atomic mass is 32.2. The Morgan fingerprint density at radius 2 is 2.07 bits per heavy atom. The number of guanidine groups is 1. The van der Waals surface area contributed by atoms with E-state index in [9.17, 15) is 17.9 Å². The van der Waals surface area contributed by atoms with E-state index >= 15 is 0 Å². The average molecular weight is 397 g/mol. The van der Waals surface area contributed by atoms with E-state index in [1.165, 1.54) is 24.5 Å². The van der Waals surface area contributed by atoms with Crippen molar-refractivity contribution in [1.82, 2.24) is 10.6 Å². The second-order valence-electron chi connectivity index (χ2n) is 6.09. The van der Waals surface area contributed by atoms with Crippen molar-refractivity contribution in [3.8, 4) is 0 Å². The number of rotatable bonds is 8. The number of sulfone groups is 1. The first kappa shape index (κ1) is 20.9. The van der Waals surface area contributed by atoms with Gasteiger partial charge in [-0.2, -0.15) is 0 Å². The van der Waals surface area contributed by atoms with Crippen LogP contribution in [0.25, 0.3) is 0 Å². The summed E-state index contributed by atoms with van der Waals surface area (Å²) in [5.41, 5.74) is 0.998. The number of nitrogens with one attached hydrogen (secondary N) is 2. The van der Waals surface area contributed by atoms with Gasteiger partial charge in [-0.25, -0.2) is 17.8 Å². The molecule has 1 aromatic heterocycles. The molecule has 1 aromatic carbocycles. The number of aliphatic imine (C=N–C) groups is 1. The third-order valence-corrected chi connectivity index (χ3v) is 4.51. The van der Waals surface area contributed by atoms with E-state index in [1.807, 2.05) is 6.92 Å². The summed E-state index contributed by atoms with van der Waals surface area (Å²) in [7, 11) is -3.25. The van der Waals surface area contributed by atoms with Crippen molar-refractivity contribution in [1.29, 1.82) is 0 Å². The van der Waals surface area contributed by atoms with Gasteiger partial charge in [-0.05, 0) is 42.3 Å². The van der Waals surface area contributed by atoms with Crippen LogP contribution >= 0.6 is 0 Å². The Morgan fingerprint density at radius 1 is 1.30 bits per heavy atom. The van der Waals surface area contributed by atoms with Crippen molar-refractivity contribution in [2.24, 2.45) is 4.99 Å². The fraction of sp³-hybridized carbons (Fsp3) is 0.389. The molecular weight excluding hydrogens is 373 g/mol. The van der Waals surface area contributed by atoms with E-state index in [2.05, 4.69) is 15.6 Å². The second kappa shape index (κ2) is 9.52. The van der Waals surface area contributed by atoms with Crippen LogP contribution in [0, 0.1) is 5.82 Å². The minimum Gasteiger partial charge on any atom is -0.467 e. The summed E-state index contributed by atoms with van der Waals surface area (Å²) in [5, 5.41) is 16.1. The molecular formula is C18H24FN3O4S. The summed E-state index contributed by atoms with van der Waals surface area (Å²) in [6.45, 7) is 2.73. The van der Waals surface area contributed by atoms with Gasteiger partial charge in [0.1, 0.15) is 17.7 Å². The van der Waals surface area contributed by atoms with Crippen LogP contribution in [-0.4, -0.2) is 38.8 Å². The van der Waals surface area contributed by atoms with Gasteiger partial charge in [0.25, 0.3) is 0 Å². The maximum atomic E-state index is 13.6. The van der Waals surface area contributed by atoms with Gasteiger partial charge >= 0.3 is 0 Å². The standard InChI is InChI=1S/C18H24FN3O4S/c1-3-20-18(22-11-16(23)17-5-4-8-26-17)21-10-14-9-15(19)7-6-13(14)12-27(2,24)25/h4-9,16,23H,3,10-12H2,1-2H3,(H2,20,21,22). The normalized spacial score (nSPS) is 13.4. The Morgan fingerprint density at radius 3 is 2.70 bits per heavy atom. The van der Waals surface area contributed by atoms with Crippen molar-refractivity contribution in [2.45, 2.75) is 25.3 Å². The molecule has 0 amide bonds. The lowest BCUT2D eigenvalue weighted by molar-refractivity contribution is 0.153. The van der Waals surface area contributed by atoms with Crippen LogP contribution in [0.1, 0.15) is 29.9 Å². The maximum absolute atomic E-state index is 13.6. The van der Waals surface area contributed by atoms with Gasteiger partial charge in [-0.1, -0.05) is 6.07 Å². The number of hydrogen-bond acceptors (Lipinski definition) is 5. The molecule has 1 unspecified atom stereocenters.